The average molecular weight is 303 g/mol. The van der Waals surface area contributed by atoms with Gasteiger partial charge in [0.25, 0.3) is 0 Å². The second kappa shape index (κ2) is 5.01. The Labute approximate surface area is 117 Å². The molecular weight excluding hydrogens is 291 g/mol. The van der Waals surface area contributed by atoms with Gasteiger partial charge in [0.05, 0.1) is 10.6 Å². The molecule has 0 aromatic carbocycles. The highest BCUT2D eigenvalue weighted by Crippen LogP contribution is 2.32. The van der Waals surface area contributed by atoms with Gasteiger partial charge in [-0.05, 0) is 13.8 Å². The lowest BCUT2D eigenvalue weighted by Gasteiger charge is -2.00. The van der Waals surface area contributed by atoms with Crippen molar-refractivity contribution in [3.8, 4) is 0 Å². The zero-order chi connectivity index (χ0) is 15.1. The Balaban J connectivity index is 2.22. The molecule has 0 atom stereocenters. The van der Waals surface area contributed by atoms with E-state index in [-0.39, 0.29) is 17.1 Å². The monoisotopic (exact) mass is 303 g/mol. The molecule has 0 saturated carbocycles. The summed E-state index contributed by atoms with van der Waals surface area (Å²) in [6.45, 7) is 3.58. The lowest BCUT2D eigenvalue weighted by molar-refractivity contribution is -0.137. The fourth-order valence-electron chi connectivity index (χ4n) is 1.86. The molecule has 2 heterocycles. The Morgan fingerprint density at radius 3 is 2.50 bits per heavy atom. The third kappa shape index (κ3) is 2.74. The summed E-state index contributed by atoms with van der Waals surface area (Å²) in [6, 6.07) is 0. The number of thiazole rings is 1. The third-order valence-corrected chi connectivity index (χ3v) is 4.10. The Kier molecular flexibility index (Phi) is 3.68. The highest BCUT2D eigenvalue weighted by molar-refractivity contribution is 7.13. The number of aryl methyl sites for hydroxylation is 2. The Bertz CT molecular complexity index is 657. The normalized spacial score (nSPS) is 11.9. The minimum absolute atomic E-state index is 0.0139. The second-order valence-electron chi connectivity index (χ2n) is 4.40. The van der Waals surface area contributed by atoms with Gasteiger partial charge in [-0.25, -0.2) is 4.98 Å². The highest BCUT2D eigenvalue weighted by Gasteiger charge is 2.35. The van der Waals surface area contributed by atoms with Crippen LogP contribution in [-0.2, 0) is 19.6 Å². The molecule has 0 radical (unpaired) electrons. The quantitative estimate of drug-likeness (QED) is 0.819. The summed E-state index contributed by atoms with van der Waals surface area (Å²) in [5.41, 5.74) is 2.29. The van der Waals surface area contributed by atoms with Crippen LogP contribution in [0, 0.1) is 13.8 Å². The zero-order valence-electron chi connectivity index (χ0n) is 11.1. The van der Waals surface area contributed by atoms with Crippen LogP contribution in [0.2, 0.25) is 0 Å². The Hall–Kier alpha value is -1.70. The first kappa shape index (κ1) is 14.7. The first-order valence-electron chi connectivity index (χ1n) is 5.75. The molecule has 0 unspecified atom stereocenters. The predicted molar refractivity (Wildman–Crippen MR) is 67.8 cm³/mol. The highest BCUT2D eigenvalue weighted by atomic mass is 32.1. The number of nitrogens with zero attached hydrogens (tertiary/aromatic N) is 3. The van der Waals surface area contributed by atoms with Crippen LogP contribution < -0.4 is 0 Å². The summed E-state index contributed by atoms with van der Waals surface area (Å²) in [7, 11) is 1.75. The molecule has 20 heavy (non-hydrogen) atoms. The number of Topliss-reactive ketones (excluding diaryl/α,β-unsaturated/α-hetero) is 1. The maximum Gasteiger partial charge on any atom is 0.443 e. The van der Waals surface area contributed by atoms with Crippen molar-refractivity contribution in [2.75, 3.05) is 0 Å². The molecule has 4 nitrogen and oxygen atoms in total. The van der Waals surface area contributed by atoms with Gasteiger partial charge in [-0.1, -0.05) is 0 Å². The van der Waals surface area contributed by atoms with Crippen LogP contribution in [0.25, 0.3) is 0 Å². The third-order valence-electron chi connectivity index (χ3n) is 3.02. The van der Waals surface area contributed by atoms with Gasteiger partial charge in [0.1, 0.15) is 0 Å². The van der Waals surface area contributed by atoms with Crippen LogP contribution in [0.3, 0.4) is 0 Å². The summed E-state index contributed by atoms with van der Waals surface area (Å²) in [4.78, 5) is 15.3. The molecule has 0 saturated heterocycles. The summed E-state index contributed by atoms with van der Waals surface area (Å²) in [6.07, 6.45) is -3.49. The predicted octanol–water partition coefficient (Wildman–Crippen LogP) is 2.94. The van der Waals surface area contributed by atoms with Gasteiger partial charge >= 0.3 is 6.18 Å². The van der Waals surface area contributed by atoms with Crippen molar-refractivity contribution in [1.82, 2.24) is 14.8 Å². The number of ketones is 1. The number of alkyl halides is 3. The van der Waals surface area contributed by atoms with E-state index in [0.717, 1.165) is 17.5 Å². The van der Waals surface area contributed by atoms with E-state index in [9.17, 15) is 18.0 Å². The maximum absolute atomic E-state index is 12.4. The van der Waals surface area contributed by atoms with Crippen molar-refractivity contribution in [3.05, 3.63) is 33.0 Å². The topological polar surface area (TPSA) is 47.8 Å². The zero-order valence-corrected chi connectivity index (χ0v) is 11.9. The van der Waals surface area contributed by atoms with E-state index in [4.69, 9.17) is 0 Å². The van der Waals surface area contributed by atoms with E-state index in [1.807, 2.05) is 6.92 Å². The minimum Gasteiger partial charge on any atom is -0.293 e. The summed E-state index contributed by atoms with van der Waals surface area (Å²) in [5, 5.41) is 3.17. The Morgan fingerprint density at radius 2 is 2.05 bits per heavy atom. The molecular formula is C12H12F3N3OS. The van der Waals surface area contributed by atoms with Crippen molar-refractivity contribution < 1.29 is 18.0 Å². The molecule has 0 amide bonds. The first-order chi connectivity index (χ1) is 9.20. The molecule has 0 bridgehead atoms. The molecule has 2 rings (SSSR count). The largest absolute Gasteiger partial charge is 0.443 e. The van der Waals surface area contributed by atoms with Crippen LogP contribution in [0.15, 0.2) is 6.20 Å². The van der Waals surface area contributed by atoms with Gasteiger partial charge in [-0.3, -0.25) is 9.48 Å². The molecule has 108 valence electrons. The lowest BCUT2D eigenvalue weighted by atomic mass is 10.1. The van der Waals surface area contributed by atoms with Gasteiger partial charge in [0, 0.05) is 30.9 Å². The van der Waals surface area contributed by atoms with Crippen LogP contribution in [0.4, 0.5) is 13.2 Å². The van der Waals surface area contributed by atoms with Gasteiger partial charge in [-0.15, -0.1) is 11.3 Å². The minimum atomic E-state index is -4.51. The molecule has 0 fully saturated rings. The van der Waals surface area contributed by atoms with Crippen LogP contribution in [0.5, 0.6) is 0 Å². The van der Waals surface area contributed by atoms with Crippen molar-refractivity contribution in [2.24, 2.45) is 7.05 Å². The number of aromatic nitrogens is 3. The van der Waals surface area contributed by atoms with Crippen LogP contribution in [-0.4, -0.2) is 20.5 Å². The molecule has 0 N–H and O–H groups in total. The van der Waals surface area contributed by atoms with E-state index < -0.39 is 11.2 Å². The van der Waals surface area contributed by atoms with Gasteiger partial charge in [0.15, 0.2) is 10.8 Å². The number of rotatable bonds is 3. The summed E-state index contributed by atoms with van der Waals surface area (Å²) < 4.78 is 39.0. The van der Waals surface area contributed by atoms with Gasteiger partial charge in [-0.2, -0.15) is 18.3 Å². The Morgan fingerprint density at radius 1 is 1.40 bits per heavy atom. The standard InChI is InChI=1S/C12H12F3N3OS/c1-6-8(7(2)18(3)17-6)4-9(19)10-5-16-11(20-10)12(13,14)15/h5H,4H2,1-3H3. The van der Waals surface area contributed by atoms with Crippen molar-refractivity contribution >= 4 is 17.1 Å². The number of carbonyl (C=O) groups is 1. The smallest absolute Gasteiger partial charge is 0.293 e. The molecule has 2 aromatic rings. The number of carbonyl (C=O) groups excluding carboxylic acids is 1. The van der Waals surface area contributed by atoms with E-state index in [2.05, 4.69) is 10.1 Å². The average Bonchev–Trinajstić information content (AvgIpc) is 2.90. The van der Waals surface area contributed by atoms with Crippen molar-refractivity contribution in [1.29, 1.82) is 0 Å². The number of hydrogen-bond acceptors (Lipinski definition) is 4. The fraction of sp³-hybridized carbons (Fsp3) is 0.417. The lowest BCUT2D eigenvalue weighted by Crippen LogP contribution is -2.04. The first-order valence-corrected chi connectivity index (χ1v) is 6.57. The molecule has 0 aliphatic carbocycles. The van der Waals surface area contributed by atoms with E-state index in [1.54, 1.807) is 18.7 Å². The summed E-state index contributed by atoms with van der Waals surface area (Å²) >= 11 is 0.373. The fourth-order valence-corrected chi connectivity index (χ4v) is 2.58. The molecule has 0 spiro atoms. The SMILES string of the molecule is Cc1nn(C)c(C)c1CC(=O)c1cnc(C(F)(F)F)s1. The number of halogens is 3. The maximum atomic E-state index is 12.4. The molecule has 0 aliphatic heterocycles. The molecule has 0 aliphatic rings. The number of hydrogen-bond donors (Lipinski definition) is 0. The van der Waals surface area contributed by atoms with Crippen LogP contribution in [0.1, 0.15) is 31.6 Å². The molecule has 2 aromatic heterocycles. The van der Waals surface area contributed by atoms with Crippen LogP contribution >= 0.6 is 11.3 Å². The van der Waals surface area contributed by atoms with E-state index >= 15 is 0 Å². The van der Waals surface area contributed by atoms with E-state index in [0.29, 0.717) is 17.0 Å². The summed E-state index contributed by atoms with van der Waals surface area (Å²) in [5.74, 6) is -0.378. The van der Waals surface area contributed by atoms with Gasteiger partial charge < -0.3 is 0 Å². The second-order valence-corrected chi connectivity index (χ2v) is 5.43. The molecule has 8 heteroatoms. The van der Waals surface area contributed by atoms with Gasteiger partial charge in [0.2, 0.25) is 0 Å². The van der Waals surface area contributed by atoms with Crippen molar-refractivity contribution in [2.45, 2.75) is 26.4 Å². The van der Waals surface area contributed by atoms with Crippen molar-refractivity contribution in [3.63, 3.8) is 0 Å². The van der Waals surface area contributed by atoms with E-state index in [1.165, 1.54) is 0 Å².